The Balaban J connectivity index is 0.00000261. The first-order valence-corrected chi connectivity index (χ1v) is 8.98. The molecule has 7 heteroatoms. The van der Waals surface area contributed by atoms with Gasteiger partial charge in [-0.3, -0.25) is 0 Å². The van der Waals surface area contributed by atoms with Gasteiger partial charge in [-0.25, -0.2) is 9.98 Å². The standard InChI is InChI=1S/C20H24N6.HI/c1-2-22-20(24-16-18-8-6-17(15-21)7-9-18)26-13-11-25(12-14-26)19-5-3-4-10-23-19;/h3-10H,2,11-14,16H2,1H3,(H,22,24);1H. The summed E-state index contributed by atoms with van der Waals surface area (Å²) < 4.78 is 0. The minimum atomic E-state index is 0. The van der Waals surface area contributed by atoms with E-state index in [1.54, 1.807) is 0 Å². The summed E-state index contributed by atoms with van der Waals surface area (Å²) in [6, 6.07) is 15.8. The average Bonchev–Trinajstić information content (AvgIpc) is 2.72. The van der Waals surface area contributed by atoms with E-state index in [1.165, 1.54) is 0 Å². The molecule has 2 heterocycles. The number of nitriles is 1. The van der Waals surface area contributed by atoms with Crippen molar-refractivity contribution in [1.29, 1.82) is 5.26 Å². The maximum Gasteiger partial charge on any atom is 0.194 e. The van der Waals surface area contributed by atoms with Gasteiger partial charge in [-0.1, -0.05) is 18.2 Å². The van der Waals surface area contributed by atoms with Crippen LogP contribution in [0.5, 0.6) is 0 Å². The second kappa shape index (κ2) is 10.7. The van der Waals surface area contributed by atoms with Crippen LogP contribution >= 0.6 is 24.0 Å². The number of aromatic nitrogens is 1. The maximum atomic E-state index is 8.89. The Hall–Kier alpha value is -2.34. The van der Waals surface area contributed by atoms with Crippen LogP contribution in [0, 0.1) is 11.3 Å². The monoisotopic (exact) mass is 476 g/mol. The van der Waals surface area contributed by atoms with E-state index in [-0.39, 0.29) is 24.0 Å². The molecule has 0 spiro atoms. The van der Waals surface area contributed by atoms with Crippen molar-refractivity contribution in [2.75, 3.05) is 37.6 Å². The second-order valence-electron chi connectivity index (χ2n) is 6.14. The Morgan fingerprint density at radius 3 is 2.48 bits per heavy atom. The van der Waals surface area contributed by atoms with Gasteiger partial charge in [0.15, 0.2) is 5.96 Å². The average molecular weight is 476 g/mol. The third kappa shape index (κ3) is 5.82. The number of guanidine groups is 1. The van der Waals surface area contributed by atoms with Gasteiger partial charge in [0, 0.05) is 38.9 Å². The van der Waals surface area contributed by atoms with Gasteiger partial charge in [0.2, 0.25) is 0 Å². The quantitative estimate of drug-likeness (QED) is 0.418. The summed E-state index contributed by atoms with van der Waals surface area (Å²) in [6.45, 7) is 7.21. The molecule has 6 nitrogen and oxygen atoms in total. The molecular weight excluding hydrogens is 451 g/mol. The third-order valence-electron chi connectivity index (χ3n) is 4.38. The Labute approximate surface area is 177 Å². The molecule has 0 bridgehead atoms. The van der Waals surface area contributed by atoms with E-state index in [1.807, 2.05) is 42.6 Å². The summed E-state index contributed by atoms with van der Waals surface area (Å²) in [5.41, 5.74) is 1.78. The summed E-state index contributed by atoms with van der Waals surface area (Å²) in [5, 5.41) is 12.3. The molecule has 1 fully saturated rings. The zero-order valence-corrected chi connectivity index (χ0v) is 17.8. The molecule has 1 saturated heterocycles. The highest BCUT2D eigenvalue weighted by Crippen LogP contribution is 2.13. The fourth-order valence-electron chi connectivity index (χ4n) is 2.96. The summed E-state index contributed by atoms with van der Waals surface area (Å²) >= 11 is 0. The number of pyridine rings is 1. The molecular formula is C20H25IN6. The fourth-order valence-corrected chi connectivity index (χ4v) is 2.96. The smallest absolute Gasteiger partial charge is 0.194 e. The van der Waals surface area contributed by atoms with Gasteiger partial charge in [0.25, 0.3) is 0 Å². The number of halogens is 1. The molecule has 2 aromatic rings. The van der Waals surface area contributed by atoms with Gasteiger partial charge in [-0.15, -0.1) is 24.0 Å². The van der Waals surface area contributed by atoms with E-state index >= 15 is 0 Å². The number of anilines is 1. The minimum Gasteiger partial charge on any atom is -0.357 e. The van der Waals surface area contributed by atoms with Crippen molar-refractivity contribution in [1.82, 2.24) is 15.2 Å². The first-order chi connectivity index (χ1) is 12.8. The van der Waals surface area contributed by atoms with Crippen molar-refractivity contribution in [3.8, 4) is 6.07 Å². The largest absolute Gasteiger partial charge is 0.357 e. The highest BCUT2D eigenvalue weighted by Gasteiger charge is 2.20. The lowest BCUT2D eigenvalue weighted by molar-refractivity contribution is 0.371. The minimum absolute atomic E-state index is 0. The summed E-state index contributed by atoms with van der Waals surface area (Å²) in [6.07, 6.45) is 1.84. The molecule has 0 saturated carbocycles. The van der Waals surface area contributed by atoms with Gasteiger partial charge in [0.05, 0.1) is 18.2 Å². The molecule has 0 aliphatic carbocycles. The second-order valence-corrected chi connectivity index (χ2v) is 6.14. The summed E-state index contributed by atoms with van der Waals surface area (Å²) in [4.78, 5) is 13.8. The van der Waals surface area contributed by atoms with Crippen LogP contribution in [-0.4, -0.2) is 48.6 Å². The number of hydrogen-bond donors (Lipinski definition) is 1. The third-order valence-corrected chi connectivity index (χ3v) is 4.38. The Kier molecular flexibility index (Phi) is 8.33. The van der Waals surface area contributed by atoms with Gasteiger partial charge >= 0.3 is 0 Å². The zero-order valence-electron chi connectivity index (χ0n) is 15.5. The maximum absolute atomic E-state index is 8.89. The van der Waals surface area contributed by atoms with E-state index in [9.17, 15) is 0 Å². The molecule has 1 aromatic carbocycles. The van der Waals surface area contributed by atoms with E-state index < -0.39 is 0 Å². The highest BCUT2D eigenvalue weighted by atomic mass is 127. The Morgan fingerprint density at radius 1 is 1.15 bits per heavy atom. The number of nitrogens with one attached hydrogen (secondary N) is 1. The van der Waals surface area contributed by atoms with Crippen molar-refractivity contribution < 1.29 is 0 Å². The van der Waals surface area contributed by atoms with Gasteiger partial charge in [-0.05, 0) is 36.8 Å². The van der Waals surface area contributed by atoms with Crippen LogP contribution in [0.3, 0.4) is 0 Å². The Morgan fingerprint density at radius 2 is 1.89 bits per heavy atom. The zero-order chi connectivity index (χ0) is 18.2. The number of hydrogen-bond acceptors (Lipinski definition) is 4. The van der Waals surface area contributed by atoms with E-state index in [0.29, 0.717) is 12.1 Å². The van der Waals surface area contributed by atoms with Crippen LogP contribution in [-0.2, 0) is 6.54 Å². The van der Waals surface area contributed by atoms with Gasteiger partial charge in [0.1, 0.15) is 5.82 Å². The lowest BCUT2D eigenvalue weighted by Gasteiger charge is -2.37. The van der Waals surface area contributed by atoms with E-state index in [2.05, 4.69) is 39.2 Å². The first-order valence-electron chi connectivity index (χ1n) is 8.98. The molecule has 1 aliphatic rings. The van der Waals surface area contributed by atoms with Crippen molar-refractivity contribution in [3.05, 3.63) is 59.8 Å². The van der Waals surface area contributed by atoms with Crippen LogP contribution < -0.4 is 10.2 Å². The number of piperazine rings is 1. The van der Waals surface area contributed by atoms with Crippen LogP contribution in [0.15, 0.2) is 53.7 Å². The fraction of sp³-hybridized carbons (Fsp3) is 0.350. The molecule has 1 aromatic heterocycles. The SMILES string of the molecule is CCNC(=NCc1ccc(C#N)cc1)N1CCN(c2ccccn2)CC1.I. The van der Waals surface area contributed by atoms with Gasteiger partial charge in [-0.2, -0.15) is 5.26 Å². The first kappa shape index (κ1) is 21.0. The number of nitrogens with zero attached hydrogens (tertiary/aromatic N) is 5. The molecule has 1 N–H and O–H groups in total. The van der Waals surface area contributed by atoms with E-state index in [0.717, 1.165) is 50.1 Å². The highest BCUT2D eigenvalue weighted by molar-refractivity contribution is 14.0. The normalized spacial score (nSPS) is 14.3. The molecule has 0 atom stereocenters. The van der Waals surface area contributed by atoms with Crippen LogP contribution in [0.25, 0.3) is 0 Å². The molecule has 1 aliphatic heterocycles. The van der Waals surface area contributed by atoms with Crippen molar-refractivity contribution in [2.24, 2.45) is 4.99 Å². The van der Waals surface area contributed by atoms with Crippen molar-refractivity contribution >= 4 is 35.8 Å². The number of benzene rings is 1. The van der Waals surface area contributed by atoms with Crippen molar-refractivity contribution in [2.45, 2.75) is 13.5 Å². The Bertz CT molecular complexity index is 761. The molecule has 27 heavy (non-hydrogen) atoms. The predicted molar refractivity (Wildman–Crippen MR) is 119 cm³/mol. The molecule has 0 amide bonds. The number of aliphatic imine (C=N–C) groups is 1. The number of rotatable bonds is 4. The summed E-state index contributed by atoms with van der Waals surface area (Å²) in [7, 11) is 0. The molecule has 0 radical (unpaired) electrons. The topological polar surface area (TPSA) is 67.6 Å². The van der Waals surface area contributed by atoms with Gasteiger partial charge < -0.3 is 15.1 Å². The lowest BCUT2D eigenvalue weighted by atomic mass is 10.1. The van der Waals surface area contributed by atoms with Crippen LogP contribution in [0.1, 0.15) is 18.1 Å². The molecule has 3 rings (SSSR count). The van der Waals surface area contributed by atoms with E-state index in [4.69, 9.17) is 10.3 Å². The van der Waals surface area contributed by atoms with Crippen molar-refractivity contribution in [3.63, 3.8) is 0 Å². The summed E-state index contributed by atoms with van der Waals surface area (Å²) in [5.74, 6) is 1.98. The molecule has 142 valence electrons. The van der Waals surface area contributed by atoms with Crippen LogP contribution in [0.2, 0.25) is 0 Å². The lowest BCUT2D eigenvalue weighted by Crippen LogP contribution is -2.52. The molecule has 0 unspecified atom stereocenters. The predicted octanol–water partition coefficient (Wildman–Crippen LogP) is 2.86. The van der Waals surface area contributed by atoms with Crippen LogP contribution in [0.4, 0.5) is 5.82 Å².